The van der Waals surface area contributed by atoms with E-state index in [1.165, 1.54) is 0 Å². The molecule has 0 aliphatic heterocycles. The van der Waals surface area contributed by atoms with Crippen molar-refractivity contribution >= 4 is 11.8 Å². The minimum atomic E-state index is -1.16. The molecular formula is C17H20N4O2. The molecule has 0 unspecified atom stereocenters. The molecule has 6 nitrogen and oxygen atoms in total. The smallest absolute Gasteiger partial charge is 0.235 e. The third-order valence-electron chi connectivity index (χ3n) is 3.51. The number of hydrogen-bond acceptors (Lipinski definition) is 4. The van der Waals surface area contributed by atoms with Crippen LogP contribution in [0.1, 0.15) is 25.0 Å². The lowest BCUT2D eigenvalue weighted by molar-refractivity contribution is -0.141. The van der Waals surface area contributed by atoms with Crippen LogP contribution < -0.4 is 10.6 Å². The molecule has 0 spiro atoms. The molecule has 0 aliphatic carbocycles. The van der Waals surface area contributed by atoms with Crippen LogP contribution in [0.15, 0.2) is 49.1 Å². The largest absolute Gasteiger partial charge is 0.351 e. The Morgan fingerprint density at radius 3 is 2.09 bits per heavy atom. The van der Waals surface area contributed by atoms with E-state index in [9.17, 15) is 9.59 Å². The third-order valence-corrected chi connectivity index (χ3v) is 3.51. The molecule has 120 valence electrons. The van der Waals surface area contributed by atoms with E-state index in [-0.39, 0.29) is 11.8 Å². The number of rotatable bonds is 6. The summed E-state index contributed by atoms with van der Waals surface area (Å²) in [6, 6.07) is 7.29. The van der Waals surface area contributed by atoms with E-state index in [2.05, 4.69) is 20.6 Å². The van der Waals surface area contributed by atoms with Gasteiger partial charge in [0.25, 0.3) is 0 Å². The van der Waals surface area contributed by atoms with Crippen molar-refractivity contribution < 1.29 is 9.59 Å². The lowest BCUT2D eigenvalue weighted by Crippen LogP contribution is -2.47. The summed E-state index contributed by atoms with van der Waals surface area (Å²) in [6.45, 7) is 3.91. The number of aromatic nitrogens is 2. The number of nitrogens with zero attached hydrogens (tertiary/aromatic N) is 2. The summed E-state index contributed by atoms with van der Waals surface area (Å²) in [5.41, 5.74) is 0.656. The number of nitrogens with one attached hydrogen (secondary N) is 2. The fourth-order valence-electron chi connectivity index (χ4n) is 1.91. The first kappa shape index (κ1) is 16.6. The van der Waals surface area contributed by atoms with Crippen molar-refractivity contribution in [3.8, 4) is 0 Å². The van der Waals surface area contributed by atoms with E-state index >= 15 is 0 Å². The van der Waals surface area contributed by atoms with Crippen LogP contribution in [0.4, 0.5) is 0 Å². The molecule has 0 saturated carbocycles. The molecule has 2 N–H and O–H groups in total. The van der Waals surface area contributed by atoms with Crippen molar-refractivity contribution in [2.45, 2.75) is 26.9 Å². The van der Waals surface area contributed by atoms with E-state index in [1.54, 1.807) is 44.7 Å². The Hall–Kier alpha value is -2.76. The molecule has 23 heavy (non-hydrogen) atoms. The molecule has 2 aromatic heterocycles. The molecule has 0 atom stereocenters. The maximum absolute atomic E-state index is 12.3. The van der Waals surface area contributed by atoms with E-state index in [0.717, 1.165) is 11.1 Å². The van der Waals surface area contributed by atoms with Gasteiger partial charge in [-0.15, -0.1) is 0 Å². The van der Waals surface area contributed by atoms with Crippen LogP contribution in [0, 0.1) is 5.41 Å². The fraction of sp³-hybridized carbons (Fsp3) is 0.294. The zero-order valence-electron chi connectivity index (χ0n) is 13.2. The average molecular weight is 312 g/mol. The summed E-state index contributed by atoms with van der Waals surface area (Å²) in [5.74, 6) is -0.647. The van der Waals surface area contributed by atoms with Gasteiger partial charge >= 0.3 is 0 Å². The van der Waals surface area contributed by atoms with E-state index in [0.29, 0.717) is 13.1 Å². The Morgan fingerprint density at radius 2 is 1.52 bits per heavy atom. The van der Waals surface area contributed by atoms with Crippen LogP contribution in [0.3, 0.4) is 0 Å². The maximum Gasteiger partial charge on any atom is 0.235 e. The number of amides is 2. The van der Waals surface area contributed by atoms with Gasteiger partial charge in [-0.3, -0.25) is 19.6 Å². The summed E-state index contributed by atoms with van der Waals surface area (Å²) < 4.78 is 0. The third kappa shape index (κ3) is 4.60. The average Bonchev–Trinajstić information content (AvgIpc) is 2.59. The summed E-state index contributed by atoms with van der Waals surface area (Å²) >= 11 is 0. The standard InChI is InChI=1S/C17H20N4O2/c1-17(2,15(22)20-11-13-5-8-18-9-6-13)16(23)21-12-14-4-3-7-19-10-14/h3-10H,11-12H2,1-2H3,(H,20,22)(H,21,23). The highest BCUT2D eigenvalue weighted by molar-refractivity contribution is 6.04. The van der Waals surface area contributed by atoms with Gasteiger partial charge in [-0.05, 0) is 43.2 Å². The molecule has 0 fully saturated rings. The highest BCUT2D eigenvalue weighted by Gasteiger charge is 2.35. The molecule has 6 heteroatoms. The molecule has 2 heterocycles. The molecule has 2 amide bonds. The molecule has 0 saturated heterocycles. The van der Waals surface area contributed by atoms with Crippen LogP contribution >= 0.6 is 0 Å². The predicted molar refractivity (Wildman–Crippen MR) is 85.9 cm³/mol. The number of hydrogen-bond donors (Lipinski definition) is 2. The van der Waals surface area contributed by atoms with Gasteiger partial charge in [0.15, 0.2) is 0 Å². The van der Waals surface area contributed by atoms with E-state index in [4.69, 9.17) is 0 Å². The SMILES string of the molecule is CC(C)(C(=O)NCc1ccncc1)C(=O)NCc1cccnc1. The van der Waals surface area contributed by atoms with Gasteiger partial charge in [-0.25, -0.2) is 0 Å². The molecule has 0 radical (unpaired) electrons. The number of carbonyl (C=O) groups is 2. The van der Waals surface area contributed by atoms with Crippen LogP contribution in [-0.4, -0.2) is 21.8 Å². The quantitative estimate of drug-likeness (QED) is 0.791. The van der Waals surface area contributed by atoms with E-state index in [1.807, 2.05) is 18.2 Å². The summed E-state index contributed by atoms with van der Waals surface area (Å²) in [5, 5.41) is 5.55. The lowest BCUT2D eigenvalue weighted by Gasteiger charge is -2.22. The van der Waals surface area contributed by atoms with Crippen molar-refractivity contribution in [3.63, 3.8) is 0 Å². The van der Waals surface area contributed by atoms with Gasteiger partial charge in [0.2, 0.25) is 11.8 Å². The van der Waals surface area contributed by atoms with Crippen molar-refractivity contribution in [3.05, 3.63) is 60.2 Å². The Kier molecular flexibility index (Phi) is 5.41. The van der Waals surface area contributed by atoms with Crippen LogP contribution in [0.5, 0.6) is 0 Å². The van der Waals surface area contributed by atoms with Crippen molar-refractivity contribution in [2.75, 3.05) is 0 Å². The zero-order chi connectivity index (χ0) is 16.7. The van der Waals surface area contributed by atoms with Gasteiger partial charge in [0.1, 0.15) is 5.41 Å². The first-order valence-corrected chi connectivity index (χ1v) is 7.34. The molecule has 2 rings (SSSR count). The Bertz CT molecular complexity index is 599. The van der Waals surface area contributed by atoms with Gasteiger partial charge in [-0.2, -0.15) is 0 Å². The van der Waals surface area contributed by atoms with Gasteiger partial charge in [0, 0.05) is 37.9 Å². The second-order valence-electron chi connectivity index (χ2n) is 5.71. The molecular weight excluding hydrogens is 292 g/mol. The van der Waals surface area contributed by atoms with Crippen molar-refractivity contribution in [1.29, 1.82) is 0 Å². The second kappa shape index (κ2) is 7.49. The molecule has 0 aromatic carbocycles. The first-order valence-electron chi connectivity index (χ1n) is 7.34. The number of pyridine rings is 2. The maximum atomic E-state index is 12.3. The predicted octanol–water partition coefficient (Wildman–Crippen LogP) is 1.44. The van der Waals surface area contributed by atoms with Crippen LogP contribution in [-0.2, 0) is 22.7 Å². The minimum Gasteiger partial charge on any atom is -0.351 e. The molecule has 0 bridgehead atoms. The van der Waals surface area contributed by atoms with Crippen molar-refractivity contribution in [1.82, 2.24) is 20.6 Å². The van der Waals surface area contributed by atoms with Crippen LogP contribution in [0.2, 0.25) is 0 Å². The summed E-state index contributed by atoms with van der Waals surface area (Å²) in [7, 11) is 0. The number of carbonyl (C=O) groups excluding carboxylic acids is 2. The first-order chi connectivity index (χ1) is 11.0. The van der Waals surface area contributed by atoms with Gasteiger partial charge in [0.05, 0.1) is 0 Å². The lowest BCUT2D eigenvalue weighted by atomic mass is 9.91. The fourth-order valence-corrected chi connectivity index (χ4v) is 1.91. The Balaban J connectivity index is 1.88. The normalized spacial score (nSPS) is 10.9. The molecule has 0 aliphatic rings. The van der Waals surface area contributed by atoms with Gasteiger partial charge in [-0.1, -0.05) is 6.07 Å². The highest BCUT2D eigenvalue weighted by Crippen LogP contribution is 2.16. The minimum absolute atomic E-state index is 0.321. The summed E-state index contributed by atoms with van der Waals surface area (Å²) in [6.07, 6.45) is 6.67. The summed E-state index contributed by atoms with van der Waals surface area (Å²) in [4.78, 5) is 32.5. The van der Waals surface area contributed by atoms with Crippen LogP contribution in [0.25, 0.3) is 0 Å². The van der Waals surface area contributed by atoms with Gasteiger partial charge < -0.3 is 10.6 Å². The Labute approximate surface area is 135 Å². The second-order valence-corrected chi connectivity index (χ2v) is 5.71. The van der Waals surface area contributed by atoms with E-state index < -0.39 is 5.41 Å². The Morgan fingerprint density at radius 1 is 0.913 bits per heavy atom. The highest BCUT2D eigenvalue weighted by atomic mass is 16.2. The zero-order valence-corrected chi connectivity index (χ0v) is 13.2. The van der Waals surface area contributed by atoms with Crippen molar-refractivity contribution in [2.24, 2.45) is 5.41 Å². The topological polar surface area (TPSA) is 84.0 Å². The monoisotopic (exact) mass is 312 g/mol. The molecule has 2 aromatic rings.